The number of aliphatic hydroxyl groups is 1. The number of nitrogens with zero attached hydrogens (tertiary/aromatic N) is 2. The van der Waals surface area contributed by atoms with Gasteiger partial charge >= 0.3 is 5.97 Å². The topological polar surface area (TPSA) is 83.3 Å². The Morgan fingerprint density at radius 1 is 0.913 bits per heavy atom. The van der Waals surface area contributed by atoms with Crippen LogP contribution < -0.4 is 0 Å². The molecule has 0 saturated heterocycles. The normalized spacial score (nSPS) is 11.9. The van der Waals surface area contributed by atoms with Crippen LogP contribution in [0.1, 0.15) is 11.7 Å². The Bertz CT molecular complexity index is 820. The zero-order chi connectivity index (χ0) is 16.2. The molecule has 1 unspecified atom stereocenters. The van der Waals surface area contributed by atoms with Crippen LogP contribution in [0.15, 0.2) is 67.3 Å². The van der Waals surface area contributed by atoms with Crippen LogP contribution in [0.25, 0.3) is 22.3 Å². The van der Waals surface area contributed by atoms with Crippen LogP contribution in [0.3, 0.4) is 0 Å². The lowest BCUT2D eigenvalue weighted by molar-refractivity contribution is -0.146. The highest BCUT2D eigenvalue weighted by Gasteiger charge is 2.18. The number of hydrogen-bond acceptors (Lipinski definition) is 4. The van der Waals surface area contributed by atoms with E-state index < -0.39 is 12.1 Å². The second kappa shape index (κ2) is 6.37. The molecule has 0 fully saturated rings. The fourth-order valence-corrected chi connectivity index (χ4v) is 2.41. The van der Waals surface area contributed by atoms with Gasteiger partial charge in [0.15, 0.2) is 6.10 Å². The Labute approximate surface area is 132 Å². The summed E-state index contributed by atoms with van der Waals surface area (Å²) in [6, 6.07) is 12.5. The van der Waals surface area contributed by atoms with Crippen LogP contribution in [0.2, 0.25) is 0 Å². The van der Waals surface area contributed by atoms with Gasteiger partial charge in [-0.2, -0.15) is 0 Å². The molecule has 2 heterocycles. The predicted octanol–water partition coefficient (Wildman–Crippen LogP) is 2.93. The monoisotopic (exact) mass is 306 g/mol. The summed E-state index contributed by atoms with van der Waals surface area (Å²) in [6.45, 7) is 0. The molecule has 5 heteroatoms. The largest absolute Gasteiger partial charge is 0.479 e. The van der Waals surface area contributed by atoms with Gasteiger partial charge in [0.05, 0.1) is 0 Å². The first-order valence-corrected chi connectivity index (χ1v) is 7.02. The SMILES string of the molecule is O=C(O)C(O)c1ccc(-c2cccnc2)c(-c2cccnc2)c1. The van der Waals surface area contributed by atoms with Crippen LogP contribution in [0, 0.1) is 0 Å². The Hall–Kier alpha value is -3.05. The zero-order valence-electron chi connectivity index (χ0n) is 12.1. The van der Waals surface area contributed by atoms with Crippen molar-refractivity contribution in [1.82, 2.24) is 9.97 Å². The average molecular weight is 306 g/mol. The van der Waals surface area contributed by atoms with Gasteiger partial charge in [0, 0.05) is 35.9 Å². The first-order chi connectivity index (χ1) is 11.2. The second-order valence-electron chi connectivity index (χ2n) is 5.03. The van der Waals surface area contributed by atoms with Gasteiger partial charge < -0.3 is 10.2 Å². The van der Waals surface area contributed by atoms with Gasteiger partial charge in [-0.05, 0) is 34.9 Å². The van der Waals surface area contributed by atoms with Crippen molar-refractivity contribution in [3.8, 4) is 22.3 Å². The number of hydrogen-bond donors (Lipinski definition) is 2. The Morgan fingerprint density at radius 2 is 1.52 bits per heavy atom. The Balaban J connectivity index is 2.19. The molecule has 3 rings (SSSR count). The summed E-state index contributed by atoms with van der Waals surface area (Å²) in [6.07, 6.45) is 5.24. The summed E-state index contributed by atoms with van der Waals surface area (Å²) < 4.78 is 0. The molecule has 1 atom stereocenters. The fourth-order valence-electron chi connectivity index (χ4n) is 2.41. The molecule has 0 saturated carbocycles. The molecule has 1 aromatic carbocycles. The molecule has 0 amide bonds. The summed E-state index contributed by atoms with van der Waals surface area (Å²) in [5.74, 6) is -1.28. The van der Waals surface area contributed by atoms with Crippen molar-refractivity contribution in [3.05, 3.63) is 72.8 Å². The molecule has 0 radical (unpaired) electrons. The maximum absolute atomic E-state index is 11.0. The van der Waals surface area contributed by atoms with E-state index in [0.29, 0.717) is 5.56 Å². The standard InChI is InChI=1S/C18H14N2O3/c21-17(18(22)23)12-5-6-15(13-3-1-7-19-10-13)16(9-12)14-4-2-8-20-11-14/h1-11,17,21H,(H,22,23). The molecule has 0 aliphatic rings. The third-order valence-electron chi connectivity index (χ3n) is 3.54. The summed E-state index contributed by atoms with van der Waals surface area (Å²) in [5, 5.41) is 18.8. The molecule has 114 valence electrons. The summed E-state index contributed by atoms with van der Waals surface area (Å²) >= 11 is 0. The molecule has 0 bridgehead atoms. The van der Waals surface area contributed by atoms with E-state index in [2.05, 4.69) is 9.97 Å². The number of aliphatic carboxylic acids is 1. The molecule has 5 nitrogen and oxygen atoms in total. The first kappa shape index (κ1) is 14.9. The molecular weight excluding hydrogens is 292 g/mol. The molecule has 0 aliphatic heterocycles. The highest BCUT2D eigenvalue weighted by molar-refractivity contribution is 5.84. The highest BCUT2D eigenvalue weighted by atomic mass is 16.4. The van der Waals surface area contributed by atoms with Crippen LogP contribution >= 0.6 is 0 Å². The number of aromatic nitrogens is 2. The number of rotatable bonds is 4. The van der Waals surface area contributed by atoms with Gasteiger partial charge in [-0.1, -0.05) is 24.3 Å². The molecule has 0 aliphatic carbocycles. The van der Waals surface area contributed by atoms with E-state index in [4.69, 9.17) is 5.11 Å². The molecule has 0 spiro atoms. The Kier molecular flexibility index (Phi) is 4.12. The van der Waals surface area contributed by atoms with E-state index in [1.54, 1.807) is 43.0 Å². The van der Waals surface area contributed by atoms with E-state index in [0.717, 1.165) is 22.3 Å². The first-order valence-electron chi connectivity index (χ1n) is 7.02. The predicted molar refractivity (Wildman–Crippen MR) is 85.5 cm³/mol. The number of pyridine rings is 2. The second-order valence-corrected chi connectivity index (χ2v) is 5.03. The van der Waals surface area contributed by atoms with Crippen molar-refractivity contribution in [2.24, 2.45) is 0 Å². The number of carboxylic acids is 1. The van der Waals surface area contributed by atoms with E-state index in [1.807, 2.05) is 24.3 Å². The van der Waals surface area contributed by atoms with Gasteiger partial charge in [-0.15, -0.1) is 0 Å². The summed E-state index contributed by atoms with van der Waals surface area (Å²) in [5.41, 5.74) is 3.76. The molecular formula is C18H14N2O3. The summed E-state index contributed by atoms with van der Waals surface area (Å²) in [4.78, 5) is 19.3. The third-order valence-corrected chi connectivity index (χ3v) is 3.54. The van der Waals surface area contributed by atoms with E-state index >= 15 is 0 Å². The van der Waals surface area contributed by atoms with Crippen molar-refractivity contribution >= 4 is 5.97 Å². The van der Waals surface area contributed by atoms with Crippen LogP contribution in [0.5, 0.6) is 0 Å². The molecule has 2 aromatic heterocycles. The number of aliphatic hydroxyl groups excluding tert-OH is 1. The molecule has 3 aromatic rings. The van der Waals surface area contributed by atoms with Crippen molar-refractivity contribution in [1.29, 1.82) is 0 Å². The van der Waals surface area contributed by atoms with Crippen molar-refractivity contribution in [2.45, 2.75) is 6.10 Å². The zero-order valence-corrected chi connectivity index (χ0v) is 12.1. The highest BCUT2D eigenvalue weighted by Crippen LogP contribution is 2.33. The van der Waals surface area contributed by atoms with E-state index in [1.165, 1.54) is 0 Å². The average Bonchev–Trinajstić information content (AvgIpc) is 2.62. The van der Waals surface area contributed by atoms with Gasteiger partial charge in [0.25, 0.3) is 0 Å². The summed E-state index contributed by atoms with van der Waals surface area (Å²) in [7, 11) is 0. The minimum atomic E-state index is -1.56. The van der Waals surface area contributed by atoms with E-state index in [9.17, 15) is 9.90 Å². The van der Waals surface area contributed by atoms with Gasteiger partial charge in [0.2, 0.25) is 0 Å². The minimum absolute atomic E-state index is 0.323. The Morgan fingerprint density at radius 3 is 2.04 bits per heavy atom. The van der Waals surface area contributed by atoms with E-state index in [-0.39, 0.29) is 0 Å². The van der Waals surface area contributed by atoms with Gasteiger partial charge in [-0.3, -0.25) is 9.97 Å². The lowest BCUT2D eigenvalue weighted by Crippen LogP contribution is -2.10. The quantitative estimate of drug-likeness (QED) is 0.774. The van der Waals surface area contributed by atoms with Gasteiger partial charge in [-0.25, -0.2) is 4.79 Å². The lowest BCUT2D eigenvalue weighted by Gasteiger charge is -2.13. The lowest BCUT2D eigenvalue weighted by atomic mass is 9.93. The van der Waals surface area contributed by atoms with Crippen LogP contribution in [0.4, 0.5) is 0 Å². The smallest absolute Gasteiger partial charge is 0.337 e. The van der Waals surface area contributed by atoms with Crippen molar-refractivity contribution in [2.75, 3.05) is 0 Å². The van der Waals surface area contributed by atoms with Gasteiger partial charge in [0.1, 0.15) is 0 Å². The van der Waals surface area contributed by atoms with Crippen molar-refractivity contribution in [3.63, 3.8) is 0 Å². The molecule has 23 heavy (non-hydrogen) atoms. The number of carbonyl (C=O) groups is 1. The van der Waals surface area contributed by atoms with Crippen molar-refractivity contribution < 1.29 is 15.0 Å². The maximum Gasteiger partial charge on any atom is 0.337 e. The number of benzene rings is 1. The fraction of sp³-hybridized carbons (Fsp3) is 0.0556. The number of carboxylic acid groups (broad SMARTS) is 1. The molecule has 2 N–H and O–H groups in total. The van der Waals surface area contributed by atoms with Crippen LogP contribution in [-0.4, -0.2) is 26.2 Å². The maximum atomic E-state index is 11.0. The third kappa shape index (κ3) is 3.09. The van der Waals surface area contributed by atoms with Crippen LogP contribution in [-0.2, 0) is 4.79 Å². The minimum Gasteiger partial charge on any atom is -0.479 e.